The fraction of sp³-hybridized carbons (Fsp3) is 0.267. The first-order valence-corrected chi connectivity index (χ1v) is 8.89. The molecule has 1 heterocycles. The summed E-state index contributed by atoms with van der Waals surface area (Å²) in [7, 11) is -2.44. The molecule has 0 saturated carbocycles. The highest BCUT2D eigenvalue weighted by atomic mass is 32.2. The fourth-order valence-electron chi connectivity index (χ4n) is 2.01. The monoisotopic (exact) mass is 339 g/mol. The molecule has 5 nitrogen and oxygen atoms in total. The molecule has 7 heteroatoms. The SMILES string of the molecule is COc1ccsc1S(=O)(=O)NC(C)(C)C(=O)c1ccccc1. The minimum absolute atomic E-state index is 0.0592. The van der Waals surface area contributed by atoms with Crippen LogP contribution in [0.15, 0.2) is 46.0 Å². The fourth-order valence-corrected chi connectivity index (χ4v) is 4.66. The Kier molecular flexibility index (Phi) is 4.69. The van der Waals surface area contributed by atoms with Crippen LogP contribution in [0.25, 0.3) is 0 Å². The highest BCUT2D eigenvalue weighted by Gasteiger charge is 2.35. The summed E-state index contributed by atoms with van der Waals surface area (Å²) in [5, 5.41) is 1.62. The number of benzene rings is 1. The zero-order valence-corrected chi connectivity index (χ0v) is 14.1. The molecule has 1 aromatic carbocycles. The van der Waals surface area contributed by atoms with E-state index in [1.807, 2.05) is 0 Å². The number of sulfonamides is 1. The van der Waals surface area contributed by atoms with Crippen LogP contribution in [-0.4, -0.2) is 26.8 Å². The van der Waals surface area contributed by atoms with Crippen LogP contribution in [0.2, 0.25) is 0 Å². The Morgan fingerprint density at radius 3 is 2.41 bits per heavy atom. The number of Topliss-reactive ketones (excluding diaryl/α,β-unsaturated/α-hetero) is 1. The number of hydrogen-bond acceptors (Lipinski definition) is 5. The van der Waals surface area contributed by atoms with E-state index in [1.54, 1.807) is 55.6 Å². The van der Waals surface area contributed by atoms with Crippen molar-refractivity contribution in [3.05, 3.63) is 47.3 Å². The van der Waals surface area contributed by atoms with Gasteiger partial charge in [0.05, 0.1) is 12.6 Å². The van der Waals surface area contributed by atoms with E-state index in [4.69, 9.17) is 4.74 Å². The molecule has 0 unspecified atom stereocenters. The molecule has 118 valence electrons. The van der Waals surface area contributed by atoms with Crippen LogP contribution in [-0.2, 0) is 10.0 Å². The molecule has 2 rings (SSSR count). The Hall–Kier alpha value is -1.70. The number of thiophene rings is 1. The van der Waals surface area contributed by atoms with Gasteiger partial charge in [0, 0.05) is 5.56 Å². The van der Waals surface area contributed by atoms with Gasteiger partial charge in [0.2, 0.25) is 0 Å². The quantitative estimate of drug-likeness (QED) is 0.821. The third-order valence-electron chi connectivity index (χ3n) is 3.05. The van der Waals surface area contributed by atoms with Crippen LogP contribution >= 0.6 is 11.3 Å². The summed E-state index contributed by atoms with van der Waals surface area (Å²) in [6.45, 7) is 3.08. The number of carbonyl (C=O) groups is 1. The van der Waals surface area contributed by atoms with Crippen molar-refractivity contribution in [3.8, 4) is 5.75 Å². The molecule has 0 aliphatic heterocycles. The van der Waals surface area contributed by atoms with Crippen LogP contribution < -0.4 is 9.46 Å². The van der Waals surface area contributed by atoms with Crippen molar-refractivity contribution < 1.29 is 17.9 Å². The Labute approximate surface area is 134 Å². The second-order valence-corrected chi connectivity index (χ2v) is 8.00. The average Bonchev–Trinajstić information content (AvgIpc) is 2.96. The molecular formula is C15H17NO4S2. The van der Waals surface area contributed by atoms with Gasteiger partial charge in [-0.15, -0.1) is 11.3 Å². The molecule has 0 saturated heterocycles. The molecule has 0 bridgehead atoms. The zero-order chi connectivity index (χ0) is 16.4. The molecule has 0 atom stereocenters. The maximum absolute atomic E-state index is 12.5. The van der Waals surface area contributed by atoms with Gasteiger partial charge in [0.25, 0.3) is 10.0 Å². The minimum atomic E-state index is -3.85. The van der Waals surface area contributed by atoms with Gasteiger partial charge >= 0.3 is 0 Å². The second kappa shape index (κ2) is 6.20. The van der Waals surface area contributed by atoms with Crippen LogP contribution in [0, 0.1) is 0 Å². The van der Waals surface area contributed by atoms with Crippen molar-refractivity contribution in [2.75, 3.05) is 7.11 Å². The smallest absolute Gasteiger partial charge is 0.254 e. The maximum atomic E-state index is 12.5. The van der Waals surface area contributed by atoms with Gasteiger partial charge in [-0.05, 0) is 25.3 Å². The Bertz CT molecular complexity index is 764. The van der Waals surface area contributed by atoms with E-state index >= 15 is 0 Å². The third-order valence-corrected chi connectivity index (χ3v) is 6.16. The zero-order valence-electron chi connectivity index (χ0n) is 12.5. The molecule has 0 aliphatic carbocycles. The molecule has 1 aromatic heterocycles. The summed E-state index contributed by atoms with van der Waals surface area (Å²) in [5.74, 6) is -0.0346. The van der Waals surface area contributed by atoms with Crippen molar-refractivity contribution in [3.63, 3.8) is 0 Å². The lowest BCUT2D eigenvalue weighted by Gasteiger charge is -2.24. The van der Waals surface area contributed by atoms with Gasteiger partial charge < -0.3 is 4.74 Å². The summed E-state index contributed by atoms with van der Waals surface area (Å²) in [5.41, 5.74) is -0.816. The summed E-state index contributed by atoms with van der Waals surface area (Å²) in [6.07, 6.45) is 0. The topological polar surface area (TPSA) is 72.5 Å². The van der Waals surface area contributed by atoms with E-state index in [0.717, 1.165) is 11.3 Å². The Morgan fingerprint density at radius 2 is 1.82 bits per heavy atom. The van der Waals surface area contributed by atoms with E-state index < -0.39 is 15.6 Å². The van der Waals surface area contributed by atoms with E-state index in [2.05, 4.69) is 4.72 Å². The highest BCUT2D eigenvalue weighted by molar-refractivity contribution is 7.91. The van der Waals surface area contributed by atoms with Gasteiger partial charge in [-0.25, -0.2) is 8.42 Å². The Morgan fingerprint density at radius 1 is 1.18 bits per heavy atom. The predicted octanol–water partition coefficient (Wildman–Crippen LogP) is 2.70. The van der Waals surface area contributed by atoms with Crippen molar-refractivity contribution in [2.45, 2.75) is 23.6 Å². The number of methoxy groups -OCH3 is 1. The Balaban J connectivity index is 2.30. The van der Waals surface area contributed by atoms with Gasteiger partial charge in [0.15, 0.2) is 9.99 Å². The van der Waals surface area contributed by atoms with Crippen molar-refractivity contribution in [1.82, 2.24) is 4.72 Å². The first kappa shape index (κ1) is 16.7. The number of hydrogen-bond donors (Lipinski definition) is 1. The van der Waals surface area contributed by atoms with Crippen molar-refractivity contribution in [2.24, 2.45) is 0 Å². The largest absolute Gasteiger partial charge is 0.494 e. The van der Waals surface area contributed by atoms with Gasteiger partial charge in [-0.1, -0.05) is 30.3 Å². The maximum Gasteiger partial charge on any atom is 0.254 e. The minimum Gasteiger partial charge on any atom is -0.494 e. The average molecular weight is 339 g/mol. The number of ether oxygens (including phenoxy) is 1. The third kappa shape index (κ3) is 3.37. The van der Waals surface area contributed by atoms with Crippen LogP contribution in [0.5, 0.6) is 5.75 Å². The normalized spacial score (nSPS) is 12.1. The van der Waals surface area contributed by atoms with Crippen molar-refractivity contribution in [1.29, 1.82) is 0 Å². The van der Waals surface area contributed by atoms with Crippen molar-refractivity contribution >= 4 is 27.1 Å². The number of rotatable bonds is 6. The van der Waals surface area contributed by atoms with Gasteiger partial charge in [0.1, 0.15) is 5.75 Å². The van der Waals surface area contributed by atoms with E-state index in [9.17, 15) is 13.2 Å². The van der Waals surface area contributed by atoms with Gasteiger partial charge in [-0.3, -0.25) is 4.79 Å². The molecule has 1 N–H and O–H groups in total. The summed E-state index contributed by atoms with van der Waals surface area (Å²) >= 11 is 1.04. The predicted molar refractivity (Wildman–Crippen MR) is 86.0 cm³/mol. The second-order valence-electron chi connectivity index (χ2n) is 5.20. The lowest BCUT2D eigenvalue weighted by atomic mass is 9.94. The lowest BCUT2D eigenvalue weighted by molar-refractivity contribution is 0.0901. The molecule has 0 amide bonds. The standard InChI is InChI=1S/C15H17NO4S2/c1-15(2,13(17)11-7-5-4-6-8-11)16-22(18,19)14-12(20-3)9-10-21-14/h4-10,16H,1-3H3. The number of nitrogens with one attached hydrogen (secondary N) is 1. The first-order valence-electron chi connectivity index (χ1n) is 6.53. The van der Waals surface area contributed by atoms with E-state index in [0.29, 0.717) is 5.56 Å². The molecule has 22 heavy (non-hydrogen) atoms. The molecule has 0 fully saturated rings. The van der Waals surface area contributed by atoms with Crippen LogP contribution in [0.3, 0.4) is 0 Å². The van der Waals surface area contributed by atoms with Gasteiger partial charge in [-0.2, -0.15) is 4.72 Å². The lowest BCUT2D eigenvalue weighted by Crippen LogP contribution is -2.49. The molecule has 0 radical (unpaired) electrons. The molecule has 0 aliphatic rings. The first-order chi connectivity index (χ1) is 10.3. The highest BCUT2D eigenvalue weighted by Crippen LogP contribution is 2.30. The number of carbonyl (C=O) groups excluding carboxylic acids is 1. The van der Waals surface area contributed by atoms with E-state index in [-0.39, 0.29) is 15.7 Å². The molecule has 2 aromatic rings. The molecular weight excluding hydrogens is 322 g/mol. The van der Waals surface area contributed by atoms with Crippen LogP contribution in [0.1, 0.15) is 24.2 Å². The summed E-state index contributed by atoms with van der Waals surface area (Å²) in [4.78, 5) is 12.5. The molecule has 0 spiro atoms. The summed E-state index contributed by atoms with van der Waals surface area (Å²) in [6, 6.07) is 10.2. The summed E-state index contributed by atoms with van der Waals surface area (Å²) < 4.78 is 32.5. The van der Waals surface area contributed by atoms with E-state index in [1.165, 1.54) is 7.11 Å². The number of ketones is 1. The van der Waals surface area contributed by atoms with Crippen LogP contribution in [0.4, 0.5) is 0 Å².